The number of halogens is 1. The monoisotopic (exact) mass is 764 g/mol. The van der Waals surface area contributed by atoms with Gasteiger partial charge in [-0.1, -0.05) is 47.1 Å². The van der Waals surface area contributed by atoms with Crippen molar-refractivity contribution in [3.63, 3.8) is 0 Å². The first-order valence-electron chi connectivity index (χ1n) is 17.6. The molecule has 0 bridgehead atoms. The second kappa shape index (κ2) is 18.1. The average Bonchev–Trinajstić information content (AvgIpc) is 3.17. The third kappa shape index (κ3) is 9.56. The third-order valence-corrected chi connectivity index (χ3v) is 9.60. The Balaban J connectivity index is 0.922. The van der Waals surface area contributed by atoms with E-state index in [-0.39, 0.29) is 49.6 Å². The van der Waals surface area contributed by atoms with Crippen LogP contribution in [0.1, 0.15) is 52.6 Å². The minimum absolute atomic E-state index is 0.00361. The van der Waals surface area contributed by atoms with Gasteiger partial charge >= 0.3 is 0 Å². The summed E-state index contributed by atoms with van der Waals surface area (Å²) < 4.78 is 5.54. The van der Waals surface area contributed by atoms with Crippen molar-refractivity contribution in [3.8, 4) is 11.1 Å². The van der Waals surface area contributed by atoms with E-state index in [0.717, 1.165) is 50.3 Å². The number of amides is 3. The minimum Gasteiger partial charge on any atom is -0.394 e. The standard InChI is InChI=1S/C41H41ClN6O5S/c1-26-22-36(47-34-13-11-33(42)12-14-34)35-24-30(10-15-37(35)48(26)27(2)49)28-6-8-29(9-7-28)40(50)44-18-19-52-20-21-53-46-17-16-43-41(51)32-23-31-4-3-5-38(54)39(31)45-25-32/h3-15,17,23-26,36,47,54H,16,18-22H2,1-2H3,(H,43,51)(H,44,50)/b46-17-/t26-,36+/m0/s1. The van der Waals surface area contributed by atoms with Gasteiger partial charge in [0.15, 0.2) is 0 Å². The first-order valence-corrected chi connectivity index (χ1v) is 18.4. The Morgan fingerprint density at radius 1 is 0.926 bits per heavy atom. The number of carbonyl (C=O) groups excluding carboxylic acids is 3. The molecule has 0 aliphatic carbocycles. The number of oxime groups is 1. The van der Waals surface area contributed by atoms with Crippen molar-refractivity contribution in [3.05, 3.63) is 119 Å². The van der Waals surface area contributed by atoms with Crippen LogP contribution < -0.4 is 20.9 Å². The van der Waals surface area contributed by atoms with Crippen molar-refractivity contribution in [1.82, 2.24) is 15.6 Å². The van der Waals surface area contributed by atoms with E-state index in [1.807, 2.05) is 71.6 Å². The summed E-state index contributed by atoms with van der Waals surface area (Å²) in [7, 11) is 0. The molecule has 13 heteroatoms. The van der Waals surface area contributed by atoms with Crippen LogP contribution in [0.25, 0.3) is 22.0 Å². The molecule has 1 aromatic heterocycles. The number of anilines is 2. The molecule has 0 spiro atoms. The summed E-state index contributed by atoms with van der Waals surface area (Å²) in [6.45, 7) is 4.97. The molecule has 5 aromatic rings. The molecule has 2 atom stereocenters. The lowest BCUT2D eigenvalue weighted by Crippen LogP contribution is -2.43. The number of hydrogen-bond acceptors (Lipinski definition) is 9. The smallest absolute Gasteiger partial charge is 0.253 e. The van der Waals surface area contributed by atoms with Crippen molar-refractivity contribution in [2.75, 3.05) is 43.1 Å². The molecule has 0 saturated carbocycles. The Labute approximate surface area is 324 Å². The molecule has 278 valence electrons. The zero-order valence-electron chi connectivity index (χ0n) is 29.9. The molecule has 54 heavy (non-hydrogen) atoms. The number of ether oxygens (including phenoxy) is 1. The van der Waals surface area contributed by atoms with E-state index in [9.17, 15) is 14.4 Å². The Kier molecular flexibility index (Phi) is 12.8. The van der Waals surface area contributed by atoms with Crippen molar-refractivity contribution < 1.29 is 24.0 Å². The summed E-state index contributed by atoms with van der Waals surface area (Å²) in [6.07, 6.45) is 3.71. The van der Waals surface area contributed by atoms with Crippen LogP contribution in [-0.4, -0.2) is 67.9 Å². The molecule has 2 heterocycles. The summed E-state index contributed by atoms with van der Waals surface area (Å²) in [5, 5.41) is 14.6. The molecular formula is C41H41ClN6O5S. The SMILES string of the molecule is CC(=O)N1c2ccc(-c3ccc(C(=O)NCCOCCO/N=C\CNC(=O)c4cnc5c(S)cccc5c4)cc3)cc2[C@H](Nc2ccc(Cl)cc2)C[C@@H]1C. The van der Waals surface area contributed by atoms with Crippen LogP contribution in [0.15, 0.2) is 107 Å². The van der Waals surface area contributed by atoms with Gasteiger partial charge < -0.3 is 30.4 Å². The fraction of sp³-hybridized carbons (Fsp3) is 0.244. The van der Waals surface area contributed by atoms with Gasteiger partial charge in [-0.15, -0.1) is 12.6 Å². The quantitative estimate of drug-likeness (QED) is 0.0403. The van der Waals surface area contributed by atoms with Crippen molar-refractivity contribution in [2.45, 2.75) is 37.2 Å². The molecule has 11 nitrogen and oxygen atoms in total. The van der Waals surface area contributed by atoms with Crippen molar-refractivity contribution in [1.29, 1.82) is 0 Å². The molecule has 0 saturated heterocycles. The third-order valence-electron chi connectivity index (χ3n) is 8.99. The predicted molar refractivity (Wildman–Crippen MR) is 216 cm³/mol. The Morgan fingerprint density at radius 2 is 1.69 bits per heavy atom. The maximum atomic E-state index is 12.8. The fourth-order valence-electron chi connectivity index (χ4n) is 6.41. The van der Waals surface area contributed by atoms with Gasteiger partial charge in [0.1, 0.15) is 6.61 Å². The summed E-state index contributed by atoms with van der Waals surface area (Å²) in [4.78, 5) is 50.0. The highest BCUT2D eigenvalue weighted by molar-refractivity contribution is 7.80. The Hall–Kier alpha value is -5.43. The lowest BCUT2D eigenvalue weighted by molar-refractivity contribution is -0.117. The van der Waals surface area contributed by atoms with E-state index in [1.165, 1.54) is 12.4 Å². The highest BCUT2D eigenvalue weighted by atomic mass is 35.5. The van der Waals surface area contributed by atoms with E-state index in [2.05, 4.69) is 51.7 Å². The van der Waals surface area contributed by atoms with E-state index in [0.29, 0.717) is 29.3 Å². The van der Waals surface area contributed by atoms with Crippen LogP contribution >= 0.6 is 24.2 Å². The number of nitrogens with one attached hydrogen (secondary N) is 3. The molecule has 3 amide bonds. The molecule has 6 rings (SSSR count). The highest BCUT2D eigenvalue weighted by Gasteiger charge is 2.32. The number of aromatic nitrogens is 1. The first-order chi connectivity index (χ1) is 26.2. The maximum Gasteiger partial charge on any atom is 0.253 e. The van der Waals surface area contributed by atoms with Crippen LogP contribution in [0.2, 0.25) is 5.02 Å². The number of pyridine rings is 1. The van der Waals surface area contributed by atoms with Crippen LogP contribution in [-0.2, 0) is 14.4 Å². The van der Waals surface area contributed by atoms with Gasteiger partial charge in [0.05, 0.1) is 43.1 Å². The second-order valence-electron chi connectivity index (χ2n) is 12.8. The number of rotatable bonds is 14. The lowest BCUT2D eigenvalue weighted by atomic mass is 9.88. The van der Waals surface area contributed by atoms with Crippen molar-refractivity contribution in [2.24, 2.45) is 5.16 Å². The summed E-state index contributed by atoms with van der Waals surface area (Å²) in [5.41, 5.74) is 6.52. The summed E-state index contributed by atoms with van der Waals surface area (Å²) in [6, 6.07) is 28.5. The fourth-order valence-corrected chi connectivity index (χ4v) is 6.81. The molecule has 0 radical (unpaired) electrons. The van der Waals surface area contributed by atoms with Gasteiger partial charge in [-0.05, 0) is 90.7 Å². The molecule has 4 aromatic carbocycles. The number of hydrogen-bond donors (Lipinski definition) is 4. The Morgan fingerprint density at radius 3 is 2.46 bits per heavy atom. The normalized spacial score (nSPS) is 15.1. The number of para-hydroxylation sites is 1. The lowest BCUT2D eigenvalue weighted by Gasteiger charge is -2.39. The summed E-state index contributed by atoms with van der Waals surface area (Å²) in [5.74, 6) is -0.474. The average molecular weight is 765 g/mol. The van der Waals surface area contributed by atoms with Gasteiger partial charge in [-0.2, -0.15) is 0 Å². The van der Waals surface area contributed by atoms with E-state index >= 15 is 0 Å². The van der Waals surface area contributed by atoms with Crippen LogP contribution in [0.4, 0.5) is 11.4 Å². The van der Waals surface area contributed by atoms with E-state index in [1.54, 1.807) is 25.1 Å². The first kappa shape index (κ1) is 38.3. The minimum atomic E-state index is -0.272. The van der Waals surface area contributed by atoms with Gasteiger partial charge in [0.25, 0.3) is 11.8 Å². The molecule has 0 fully saturated rings. The molecule has 1 aliphatic heterocycles. The molecule has 1 aliphatic rings. The number of benzene rings is 4. The van der Waals surface area contributed by atoms with Gasteiger partial charge in [0, 0.05) is 57.9 Å². The topological polar surface area (TPSA) is 134 Å². The van der Waals surface area contributed by atoms with Gasteiger partial charge in [0.2, 0.25) is 5.91 Å². The maximum absolute atomic E-state index is 12.8. The second-order valence-corrected chi connectivity index (χ2v) is 13.7. The number of fused-ring (bicyclic) bond motifs is 2. The summed E-state index contributed by atoms with van der Waals surface area (Å²) >= 11 is 10.5. The molecule has 0 unspecified atom stereocenters. The Bertz CT molecular complexity index is 2150. The number of thiol groups is 1. The van der Waals surface area contributed by atoms with Crippen LogP contribution in [0.3, 0.4) is 0 Å². The number of nitrogens with zero attached hydrogens (tertiary/aromatic N) is 3. The zero-order chi connectivity index (χ0) is 38.0. The largest absolute Gasteiger partial charge is 0.394 e. The molecular weight excluding hydrogens is 724 g/mol. The van der Waals surface area contributed by atoms with Crippen LogP contribution in [0.5, 0.6) is 0 Å². The van der Waals surface area contributed by atoms with Crippen LogP contribution in [0, 0.1) is 0 Å². The number of carbonyl (C=O) groups is 3. The predicted octanol–water partition coefficient (Wildman–Crippen LogP) is 7.32. The van der Waals surface area contributed by atoms with Crippen molar-refractivity contribution >= 4 is 70.4 Å². The highest BCUT2D eigenvalue weighted by Crippen LogP contribution is 2.41. The van der Waals surface area contributed by atoms with E-state index < -0.39 is 0 Å². The van der Waals surface area contributed by atoms with Gasteiger partial charge in [-0.3, -0.25) is 19.4 Å². The zero-order valence-corrected chi connectivity index (χ0v) is 31.6. The molecule has 3 N–H and O–H groups in total. The van der Waals surface area contributed by atoms with Gasteiger partial charge in [-0.25, -0.2) is 0 Å². The van der Waals surface area contributed by atoms with E-state index in [4.69, 9.17) is 21.2 Å².